The molecule has 1 fully saturated rings. The van der Waals surface area contributed by atoms with Gasteiger partial charge in [-0.3, -0.25) is 9.89 Å². The molecule has 1 saturated carbocycles. The van der Waals surface area contributed by atoms with Gasteiger partial charge < -0.3 is 5.32 Å². The van der Waals surface area contributed by atoms with Gasteiger partial charge in [0.15, 0.2) is 5.82 Å². The highest BCUT2D eigenvalue weighted by Crippen LogP contribution is 2.47. The van der Waals surface area contributed by atoms with Crippen molar-refractivity contribution in [2.24, 2.45) is 0 Å². The molecule has 4 rings (SSSR count). The highest BCUT2D eigenvalue weighted by atomic mass is 35.5. The van der Waals surface area contributed by atoms with Crippen LogP contribution in [0, 0.1) is 5.82 Å². The van der Waals surface area contributed by atoms with Crippen molar-refractivity contribution in [1.29, 1.82) is 0 Å². The van der Waals surface area contributed by atoms with Gasteiger partial charge in [0, 0.05) is 40.1 Å². The quantitative estimate of drug-likeness (QED) is 0.880. The number of rotatable bonds is 2. The van der Waals surface area contributed by atoms with Crippen molar-refractivity contribution >= 4 is 23.3 Å². The minimum Gasteiger partial charge on any atom is -0.309 e. The van der Waals surface area contributed by atoms with E-state index in [1.165, 1.54) is 12.5 Å². The van der Waals surface area contributed by atoms with Crippen molar-refractivity contribution < 1.29 is 9.18 Å². The summed E-state index contributed by atoms with van der Waals surface area (Å²) in [6.07, 6.45) is 3.57. The second-order valence-electron chi connectivity index (χ2n) is 5.97. The molecular formula is C16H15ClFN3O. The lowest BCUT2D eigenvalue weighted by Crippen LogP contribution is -2.25. The molecule has 1 atom stereocenters. The number of hydrogen-bond donors (Lipinski definition) is 2. The van der Waals surface area contributed by atoms with Crippen molar-refractivity contribution in [1.82, 2.24) is 10.2 Å². The van der Waals surface area contributed by atoms with Gasteiger partial charge in [-0.25, -0.2) is 4.39 Å². The molecule has 2 aliphatic rings. The molecule has 0 spiro atoms. The second-order valence-corrected chi connectivity index (χ2v) is 6.37. The van der Waals surface area contributed by atoms with Gasteiger partial charge in [0.1, 0.15) is 5.82 Å². The van der Waals surface area contributed by atoms with Crippen LogP contribution in [0.3, 0.4) is 0 Å². The molecule has 0 saturated heterocycles. The standard InChI is InChI=1S/C16H15ClFN3O/c17-10-5-2-6-11(18)13(10)9-7-12(22)19-16-14(9)15(20-21-16)8-3-1-4-8/h2,5-6,8-9H,1,3-4,7H2,(H2,19,20,21,22). The number of hydrogen-bond acceptors (Lipinski definition) is 2. The van der Waals surface area contributed by atoms with E-state index in [1.807, 2.05) is 0 Å². The molecule has 1 aliphatic carbocycles. The average molecular weight is 320 g/mol. The maximum Gasteiger partial charge on any atom is 0.226 e. The molecule has 6 heteroatoms. The molecule has 0 bridgehead atoms. The zero-order valence-corrected chi connectivity index (χ0v) is 12.6. The number of nitrogens with zero attached hydrogens (tertiary/aromatic N) is 1. The Labute approximate surface area is 132 Å². The highest BCUT2D eigenvalue weighted by Gasteiger charge is 2.37. The van der Waals surface area contributed by atoms with Crippen LogP contribution in [0.1, 0.15) is 54.3 Å². The Hall–Kier alpha value is -1.88. The molecule has 0 radical (unpaired) electrons. The fourth-order valence-corrected chi connectivity index (χ4v) is 3.68. The van der Waals surface area contributed by atoms with Gasteiger partial charge in [-0.1, -0.05) is 24.1 Å². The third kappa shape index (κ3) is 2.03. The summed E-state index contributed by atoms with van der Waals surface area (Å²) in [6.45, 7) is 0. The largest absolute Gasteiger partial charge is 0.309 e. The molecule has 2 N–H and O–H groups in total. The molecule has 1 aromatic heterocycles. The Morgan fingerprint density at radius 2 is 2.09 bits per heavy atom. The van der Waals surface area contributed by atoms with E-state index in [9.17, 15) is 9.18 Å². The van der Waals surface area contributed by atoms with Gasteiger partial charge in [0.05, 0.1) is 0 Å². The summed E-state index contributed by atoms with van der Waals surface area (Å²) in [4.78, 5) is 12.0. The summed E-state index contributed by atoms with van der Waals surface area (Å²) in [5.74, 6) is 0.0101. The van der Waals surface area contributed by atoms with Crippen LogP contribution in [0.5, 0.6) is 0 Å². The van der Waals surface area contributed by atoms with Crippen LogP contribution >= 0.6 is 11.6 Å². The molecule has 1 aromatic carbocycles. The van der Waals surface area contributed by atoms with Crippen LogP contribution < -0.4 is 5.32 Å². The van der Waals surface area contributed by atoms with Crippen LogP contribution in [0.15, 0.2) is 18.2 Å². The number of benzene rings is 1. The first-order valence-corrected chi connectivity index (χ1v) is 7.85. The smallest absolute Gasteiger partial charge is 0.226 e. The van der Waals surface area contributed by atoms with Gasteiger partial charge in [-0.05, 0) is 25.0 Å². The predicted molar refractivity (Wildman–Crippen MR) is 81.7 cm³/mol. The van der Waals surface area contributed by atoms with Gasteiger partial charge in [0.25, 0.3) is 0 Å². The summed E-state index contributed by atoms with van der Waals surface area (Å²) in [5, 5.41) is 10.4. The minimum atomic E-state index is -0.383. The first kappa shape index (κ1) is 13.8. The van der Waals surface area contributed by atoms with Crippen molar-refractivity contribution in [2.75, 3.05) is 5.32 Å². The zero-order valence-electron chi connectivity index (χ0n) is 11.8. The van der Waals surface area contributed by atoms with Crippen molar-refractivity contribution in [3.63, 3.8) is 0 Å². The Bertz CT molecular complexity index is 734. The van der Waals surface area contributed by atoms with Crippen LogP contribution in [0.2, 0.25) is 5.02 Å². The fraction of sp³-hybridized carbons (Fsp3) is 0.375. The van der Waals surface area contributed by atoms with Crippen LogP contribution in [0.25, 0.3) is 0 Å². The summed E-state index contributed by atoms with van der Waals surface area (Å²) >= 11 is 6.22. The molecule has 4 nitrogen and oxygen atoms in total. The van der Waals surface area contributed by atoms with E-state index < -0.39 is 0 Å². The maximum atomic E-state index is 14.3. The first-order chi connectivity index (χ1) is 10.6. The molecule has 2 aromatic rings. The Morgan fingerprint density at radius 3 is 2.77 bits per heavy atom. The second kappa shape index (κ2) is 5.09. The van der Waals surface area contributed by atoms with Crippen molar-refractivity contribution in [2.45, 2.75) is 37.5 Å². The number of carbonyl (C=O) groups is 1. The van der Waals surface area contributed by atoms with Crippen molar-refractivity contribution in [3.8, 4) is 0 Å². The van der Waals surface area contributed by atoms with Gasteiger partial charge in [-0.15, -0.1) is 0 Å². The number of halogens is 2. The van der Waals surface area contributed by atoms with Gasteiger partial charge >= 0.3 is 0 Å². The molecule has 114 valence electrons. The maximum absolute atomic E-state index is 14.3. The van der Waals surface area contributed by atoms with Crippen LogP contribution in [0.4, 0.5) is 10.2 Å². The number of aromatic amines is 1. The van der Waals surface area contributed by atoms with E-state index in [4.69, 9.17) is 11.6 Å². The first-order valence-electron chi connectivity index (χ1n) is 7.47. The van der Waals surface area contributed by atoms with Gasteiger partial charge in [0.2, 0.25) is 5.91 Å². The topological polar surface area (TPSA) is 57.8 Å². The number of amides is 1. The lowest BCUT2D eigenvalue weighted by molar-refractivity contribution is -0.116. The number of nitrogens with one attached hydrogen (secondary N) is 2. The van der Waals surface area contributed by atoms with E-state index in [-0.39, 0.29) is 24.1 Å². The number of anilines is 1. The number of fused-ring (bicyclic) bond motifs is 1. The monoisotopic (exact) mass is 319 g/mol. The third-order valence-electron chi connectivity index (χ3n) is 4.69. The van der Waals surface area contributed by atoms with E-state index in [0.717, 1.165) is 24.1 Å². The van der Waals surface area contributed by atoms with Crippen molar-refractivity contribution in [3.05, 3.63) is 45.9 Å². The van der Waals surface area contributed by atoms with E-state index in [0.29, 0.717) is 22.3 Å². The zero-order chi connectivity index (χ0) is 15.3. The number of aromatic nitrogens is 2. The fourth-order valence-electron chi connectivity index (χ4n) is 3.38. The molecule has 1 unspecified atom stereocenters. The van der Waals surface area contributed by atoms with E-state index in [2.05, 4.69) is 15.5 Å². The highest BCUT2D eigenvalue weighted by molar-refractivity contribution is 6.31. The Kier molecular flexibility index (Phi) is 3.18. The predicted octanol–water partition coefficient (Wildman–Crippen LogP) is 3.94. The summed E-state index contributed by atoms with van der Waals surface area (Å²) in [7, 11) is 0. The molecule has 22 heavy (non-hydrogen) atoms. The minimum absolute atomic E-state index is 0.163. The van der Waals surface area contributed by atoms with Crippen LogP contribution in [-0.2, 0) is 4.79 Å². The molecule has 1 amide bonds. The van der Waals surface area contributed by atoms with E-state index in [1.54, 1.807) is 12.1 Å². The van der Waals surface area contributed by atoms with Crippen LogP contribution in [-0.4, -0.2) is 16.1 Å². The molecule has 1 aliphatic heterocycles. The average Bonchev–Trinajstić information content (AvgIpc) is 2.80. The summed E-state index contributed by atoms with van der Waals surface area (Å²) in [6, 6.07) is 4.62. The summed E-state index contributed by atoms with van der Waals surface area (Å²) < 4.78 is 14.3. The lowest BCUT2D eigenvalue weighted by atomic mass is 9.77. The Morgan fingerprint density at radius 1 is 1.27 bits per heavy atom. The molecule has 2 heterocycles. The molecular weight excluding hydrogens is 305 g/mol. The van der Waals surface area contributed by atoms with Gasteiger partial charge in [-0.2, -0.15) is 5.10 Å². The number of H-pyrrole nitrogens is 1. The normalized spacial score (nSPS) is 21.2. The Balaban J connectivity index is 1.87. The lowest BCUT2D eigenvalue weighted by Gasteiger charge is -2.30. The summed E-state index contributed by atoms with van der Waals surface area (Å²) in [5.41, 5.74) is 2.31. The third-order valence-corrected chi connectivity index (χ3v) is 5.02. The number of carbonyl (C=O) groups excluding carboxylic acids is 1. The van der Waals surface area contributed by atoms with E-state index >= 15 is 0 Å². The SMILES string of the molecule is O=C1CC(c2c(F)cccc2Cl)c2c(n[nH]c2C2CCC2)N1.